The second kappa shape index (κ2) is 9.58. The predicted octanol–water partition coefficient (Wildman–Crippen LogP) is 6.55. The highest BCUT2D eigenvalue weighted by atomic mass is 16.5. The van der Waals surface area contributed by atoms with Crippen molar-refractivity contribution >= 4 is 17.7 Å². The van der Waals surface area contributed by atoms with Gasteiger partial charge < -0.3 is 9.47 Å². The molecule has 0 aromatic heterocycles. The molecule has 0 aromatic carbocycles. The molecule has 3 fully saturated rings. The smallest absolute Gasteiger partial charge is 0.302 e. The first kappa shape index (κ1) is 26.0. The zero-order valence-corrected chi connectivity index (χ0v) is 23.3. The zero-order chi connectivity index (χ0) is 25.8. The second-order valence-corrected chi connectivity index (χ2v) is 13.5. The van der Waals surface area contributed by atoms with Crippen molar-refractivity contribution in [3.05, 3.63) is 11.6 Å². The molecule has 0 aromatic rings. The molecule has 5 heteroatoms. The SMILES string of the molecule is CC(=O)O[C@H]1CC[C@@]2(C)C(=CC[C@H]3[C@H]2CC[C@]2(C)[C@H]([C@@H](C)C4=NC[C@@H](C)CC4)[C@H](OC(C)=O)C[C@@H]32)C1. The van der Waals surface area contributed by atoms with E-state index in [1.54, 1.807) is 6.92 Å². The van der Waals surface area contributed by atoms with Gasteiger partial charge in [0.25, 0.3) is 0 Å². The number of hydrogen-bond acceptors (Lipinski definition) is 5. The van der Waals surface area contributed by atoms with E-state index in [4.69, 9.17) is 14.5 Å². The van der Waals surface area contributed by atoms with Crippen LogP contribution in [-0.2, 0) is 19.1 Å². The van der Waals surface area contributed by atoms with Crippen molar-refractivity contribution in [2.75, 3.05) is 6.54 Å². The molecule has 0 spiro atoms. The van der Waals surface area contributed by atoms with Gasteiger partial charge in [0, 0.05) is 44.4 Å². The van der Waals surface area contributed by atoms with Crippen LogP contribution in [0, 0.1) is 46.3 Å². The molecule has 1 heterocycles. The van der Waals surface area contributed by atoms with Crippen LogP contribution < -0.4 is 0 Å². The summed E-state index contributed by atoms with van der Waals surface area (Å²) in [6.45, 7) is 13.7. The standard InChI is InChI=1S/C31H47NO4/c1-18-7-10-27(32-17-18)19(2)29-28(36-21(4)34)16-26-24-9-8-22-15-23(35-20(3)33)11-13-30(22,5)25(24)12-14-31(26,29)6/h8,18-19,23-26,28-29H,7,9-17H2,1-6H3/t18-,19-,23-,24-,25+,26-,28+,29+,30-,31-/m0/s1. The number of aliphatic imine (C=N–C) groups is 1. The Bertz CT molecular complexity index is 954. The number of allylic oxidation sites excluding steroid dienone is 1. The van der Waals surface area contributed by atoms with Crippen LogP contribution >= 0.6 is 0 Å². The molecule has 5 rings (SSSR count). The van der Waals surface area contributed by atoms with Crippen LogP contribution in [0.1, 0.15) is 99.3 Å². The maximum Gasteiger partial charge on any atom is 0.302 e. The van der Waals surface area contributed by atoms with Crippen molar-refractivity contribution in [1.29, 1.82) is 0 Å². The summed E-state index contributed by atoms with van der Waals surface area (Å²) < 4.78 is 11.7. The lowest BCUT2D eigenvalue weighted by atomic mass is 9.47. The van der Waals surface area contributed by atoms with Gasteiger partial charge in [-0.2, -0.15) is 0 Å². The number of nitrogens with zero attached hydrogens (tertiary/aromatic N) is 1. The molecule has 5 aliphatic rings. The molecule has 200 valence electrons. The van der Waals surface area contributed by atoms with Crippen LogP contribution in [0.2, 0.25) is 0 Å². The summed E-state index contributed by atoms with van der Waals surface area (Å²) in [6.07, 6.45) is 12.3. The van der Waals surface area contributed by atoms with Crippen molar-refractivity contribution in [2.45, 2.75) is 112 Å². The quantitative estimate of drug-likeness (QED) is 0.326. The number of fused-ring (bicyclic) bond motifs is 5. The molecule has 4 aliphatic carbocycles. The van der Waals surface area contributed by atoms with Gasteiger partial charge in [-0.3, -0.25) is 14.6 Å². The Morgan fingerprint density at radius 3 is 2.47 bits per heavy atom. The van der Waals surface area contributed by atoms with Crippen molar-refractivity contribution < 1.29 is 19.1 Å². The number of carbonyl (C=O) groups is 2. The van der Waals surface area contributed by atoms with E-state index in [1.807, 2.05) is 0 Å². The molecule has 36 heavy (non-hydrogen) atoms. The van der Waals surface area contributed by atoms with Gasteiger partial charge in [-0.15, -0.1) is 0 Å². The molecule has 0 N–H and O–H groups in total. The van der Waals surface area contributed by atoms with Crippen molar-refractivity contribution in [3.8, 4) is 0 Å². The van der Waals surface area contributed by atoms with E-state index in [0.29, 0.717) is 35.5 Å². The molecule has 0 amide bonds. The van der Waals surface area contributed by atoms with Gasteiger partial charge in [0.15, 0.2) is 0 Å². The Hall–Kier alpha value is -1.65. The fourth-order valence-electron chi connectivity index (χ4n) is 9.63. The minimum atomic E-state index is -0.161. The third kappa shape index (κ3) is 4.36. The van der Waals surface area contributed by atoms with Crippen LogP contribution in [-0.4, -0.2) is 36.4 Å². The summed E-state index contributed by atoms with van der Waals surface area (Å²) in [5.74, 6) is 2.93. The fourth-order valence-corrected chi connectivity index (χ4v) is 9.63. The van der Waals surface area contributed by atoms with Crippen LogP contribution in [0.4, 0.5) is 0 Å². The highest BCUT2D eigenvalue weighted by Crippen LogP contribution is 2.67. The average molecular weight is 498 g/mol. The van der Waals surface area contributed by atoms with Gasteiger partial charge in [-0.1, -0.05) is 39.3 Å². The summed E-state index contributed by atoms with van der Waals surface area (Å²) in [5, 5.41) is 0. The minimum Gasteiger partial charge on any atom is -0.462 e. The van der Waals surface area contributed by atoms with E-state index in [2.05, 4.69) is 33.8 Å². The van der Waals surface area contributed by atoms with E-state index < -0.39 is 0 Å². The van der Waals surface area contributed by atoms with Crippen LogP contribution in [0.3, 0.4) is 0 Å². The molecule has 0 radical (unpaired) electrons. The van der Waals surface area contributed by atoms with E-state index in [-0.39, 0.29) is 35.0 Å². The molecular weight excluding hydrogens is 450 g/mol. The fraction of sp³-hybridized carbons (Fsp3) is 0.839. The van der Waals surface area contributed by atoms with Gasteiger partial charge in [-0.05, 0) is 85.9 Å². The number of hydrogen-bond donors (Lipinski definition) is 0. The minimum absolute atomic E-state index is 0.00816. The molecule has 0 saturated heterocycles. The lowest BCUT2D eigenvalue weighted by molar-refractivity contribution is -0.150. The molecule has 3 saturated carbocycles. The number of ether oxygens (including phenoxy) is 2. The lowest BCUT2D eigenvalue weighted by Crippen LogP contribution is -2.51. The van der Waals surface area contributed by atoms with Crippen molar-refractivity contribution in [1.82, 2.24) is 0 Å². The maximum atomic E-state index is 12.2. The van der Waals surface area contributed by atoms with Crippen LogP contribution in [0.25, 0.3) is 0 Å². The van der Waals surface area contributed by atoms with Gasteiger partial charge in [0.2, 0.25) is 0 Å². The summed E-state index contributed by atoms with van der Waals surface area (Å²) in [7, 11) is 0. The second-order valence-electron chi connectivity index (χ2n) is 13.5. The summed E-state index contributed by atoms with van der Waals surface area (Å²) in [6, 6.07) is 0. The Kier molecular flexibility index (Phi) is 6.91. The van der Waals surface area contributed by atoms with E-state index >= 15 is 0 Å². The number of carbonyl (C=O) groups excluding carboxylic acids is 2. The Labute approximate surface area is 217 Å². The normalized spacial score (nSPS) is 44.8. The Morgan fingerprint density at radius 2 is 1.81 bits per heavy atom. The third-order valence-corrected chi connectivity index (χ3v) is 11.4. The Morgan fingerprint density at radius 1 is 1.06 bits per heavy atom. The topological polar surface area (TPSA) is 65.0 Å². The van der Waals surface area contributed by atoms with Crippen LogP contribution in [0.5, 0.6) is 0 Å². The highest BCUT2D eigenvalue weighted by Gasteiger charge is 2.63. The highest BCUT2D eigenvalue weighted by molar-refractivity contribution is 5.87. The summed E-state index contributed by atoms with van der Waals surface area (Å²) in [5.41, 5.74) is 3.25. The zero-order valence-electron chi connectivity index (χ0n) is 23.3. The molecule has 1 aliphatic heterocycles. The first-order valence-electron chi connectivity index (χ1n) is 14.6. The monoisotopic (exact) mass is 497 g/mol. The average Bonchev–Trinajstić information content (AvgIpc) is 3.10. The van der Waals surface area contributed by atoms with Gasteiger partial charge in [-0.25, -0.2) is 0 Å². The number of esters is 2. The number of rotatable bonds is 4. The van der Waals surface area contributed by atoms with E-state index in [0.717, 1.165) is 45.1 Å². The predicted molar refractivity (Wildman–Crippen MR) is 142 cm³/mol. The van der Waals surface area contributed by atoms with Crippen LogP contribution in [0.15, 0.2) is 16.6 Å². The first-order chi connectivity index (χ1) is 17.0. The lowest BCUT2D eigenvalue weighted by Gasteiger charge is -2.58. The Balaban J connectivity index is 1.43. The molecule has 10 atom stereocenters. The van der Waals surface area contributed by atoms with Gasteiger partial charge in [0.05, 0.1) is 0 Å². The molecule has 0 unspecified atom stereocenters. The van der Waals surface area contributed by atoms with E-state index in [9.17, 15) is 9.59 Å². The summed E-state index contributed by atoms with van der Waals surface area (Å²) >= 11 is 0. The molecule has 0 bridgehead atoms. The molecular formula is C31H47NO4. The first-order valence-corrected chi connectivity index (χ1v) is 14.6. The maximum absolute atomic E-state index is 12.2. The van der Waals surface area contributed by atoms with Crippen molar-refractivity contribution in [2.24, 2.45) is 51.3 Å². The van der Waals surface area contributed by atoms with Gasteiger partial charge >= 0.3 is 11.9 Å². The van der Waals surface area contributed by atoms with Crippen molar-refractivity contribution in [3.63, 3.8) is 0 Å². The molecule has 5 nitrogen and oxygen atoms in total. The third-order valence-electron chi connectivity index (χ3n) is 11.4. The largest absolute Gasteiger partial charge is 0.462 e. The van der Waals surface area contributed by atoms with Gasteiger partial charge in [0.1, 0.15) is 12.2 Å². The summed E-state index contributed by atoms with van der Waals surface area (Å²) in [4.78, 5) is 28.8. The van der Waals surface area contributed by atoms with E-state index in [1.165, 1.54) is 37.5 Å².